The van der Waals surface area contributed by atoms with E-state index < -0.39 is 16.2 Å². The summed E-state index contributed by atoms with van der Waals surface area (Å²) in [6.07, 6.45) is 0. The molecule has 0 amide bonds. The van der Waals surface area contributed by atoms with Crippen molar-refractivity contribution in [2.45, 2.75) is 16.2 Å². The number of hydrogen-bond donors (Lipinski definition) is 0. The van der Waals surface area contributed by atoms with E-state index in [1.165, 1.54) is 77.9 Å². The molecule has 0 N–H and O–H groups in total. The number of nitrogens with zero attached hydrogens (tertiary/aromatic N) is 1. The van der Waals surface area contributed by atoms with Crippen molar-refractivity contribution < 1.29 is 9.47 Å². The number of para-hydroxylation sites is 4. The van der Waals surface area contributed by atoms with Crippen LogP contribution in [0, 0.1) is 0 Å². The summed E-state index contributed by atoms with van der Waals surface area (Å²) in [7, 11) is 0. The lowest BCUT2D eigenvalue weighted by atomic mass is 9.66. The van der Waals surface area contributed by atoms with Gasteiger partial charge in [0.1, 0.15) is 23.0 Å². The molecular formula is C75H47NO2. The molecule has 0 atom stereocenters. The van der Waals surface area contributed by atoms with E-state index in [2.05, 4.69) is 290 Å². The molecule has 364 valence electrons. The average molecular weight is 994 g/mol. The van der Waals surface area contributed by atoms with Gasteiger partial charge in [-0.05, 0) is 127 Å². The minimum Gasteiger partial charge on any atom is -0.457 e. The van der Waals surface area contributed by atoms with Crippen LogP contribution in [0.4, 0.5) is 17.1 Å². The fourth-order valence-electron chi connectivity index (χ4n) is 15.1. The Morgan fingerprint density at radius 2 is 0.564 bits per heavy atom. The third-order valence-electron chi connectivity index (χ3n) is 17.9. The first-order valence-corrected chi connectivity index (χ1v) is 27.1. The largest absolute Gasteiger partial charge is 0.457 e. The minimum atomic E-state index is -0.597. The predicted molar refractivity (Wildman–Crippen MR) is 313 cm³/mol. The Kier molecular flexibility index (Phi) is 8.90. The number of anilines is 3. The first-order chi connectivity index (χ1) is 38.7. The Hall–Kier alpha value is -9.96. The summed E-state index contributed by atoms with van der Waals surface area (Å²) >= 11 is 0. The van der Waals surface area contributed by atoms with E-state index in [1.807, 2.05) is 0 Å². The van der Waals surface area contributed by atoms with Crippen LogP contribution in [-0.2, 0) is 16.2 Å². The molecule has 78 heavy (non-hydrogen) atoms. The van der Waals surface area contributed by atoms with Crippen LogP contribution >= 0.6 is 0 Å². The standard InChI is InChI=1S/C75H47NO2/c1-3-22-48(23-4-1)73(49-24-5-2-6-25-49)59-31-12-9-28-54(59)72-66(73)36-21-37-67(72)76(50-42-44-60-55(46-50)52-26-7-10-29-57(52)74(60)62-32-13-17-38-68(62)77-69-39-18-14-33-63(69)74)51-43-45-61-56(47-51)53-27-8-11-30-58(53)75(61)64-34-15-19-40-70(64)78-71-41-20-16-35-65(71)75/h1-47H. The van der Waals surface area contributed by atoms with Crippen LogP contribution in [0.3, 0.4) is 0 Å². The summed E-state index contributed by atoms with van der Waals surface area (Å²) in [6, 6.07) is 105. The number of benzene rings is 12. The van der Waals surface area contributed by atoms with E-state index in [0.717, 1.165) is 62.3 Å². The van der Waals surface area contributed by atoms with Crippen LogP contribution in [0.25, 0.3) is 33.4 Å². The van der Waals surface area contributed by atoms with E-state index in [1.54, 1.807) is 0 Å². The third kappa shape index (κ3) is 5.42. The molecular weight excluding hydrogens is 947 g/mol. The smallest absolute Gasteiger partial charge is 0.132 e. The molecule has 2 aliphatic heterocycles. The molecule has 2 spiro atoms. The summed E-state index contributed by atoms with van der Waals surface area (Å²) in [5.74, 6) is 3.53. The highest BCUT2D eigenvalue weighted by molar-refractivity contribution is 6.00. The quantitative estimate of drug-likeness (QED) is 0.172. The molecule has 5 aliphatic rings. The summed E-state index contributed by atoms with van der Waals surface area (Å²) in [5, 5.41) is 0. The molecule has 0 fully saturated rings. The Morgan fingerprint density at radius 3 is 1.00 bits per heavy atom. The van der Waals surface area contributed by atoms with Crippen molar-refractivity contribution in [3.05, 3.63) is 352 Å². The Balaban J connectivity index is 0.965. The lowest BCUT2D eigenvalue weighted by molar-refractivity contribution is 0.436. The summed E-state index contributed by atoms with van der Waals surface area (Å²) < 4.78 is 13.5. The van der Waals surface area contributed by atoms with Gasteiger partial charge in [-0.1, -0.05) is 231 Å². The van der Waals surface area contributed by atoms with Crippen molar-refractivity contribution in [2.75, 3.05) is 4.90 Å². The Bertz CT molecular complexity index is 4150. The van der Waals surface area contributed by atoms with Crippen molar-refractivity contribution in [1.29, 1.82) is 0 Å². The van der Waals surface area contributed by atoms with Crippen molar-refractivity contribution in [2.24, 2.45) is 0 Å². The normalized spacial score (nSPS) is 14.9. The van der Waals surface area contributed by atoms with Crippen molar-refractivity contribution >= 4 is 17.1 Å². The van der Waals surface area contributed by atoms with Crippen molar-refractivity contribution in [3.8, 4) is 56.4 Å². The lowest BCUT2D eigenvalue weighted by Crippen LogP contribution is -2.32. The maximum atomic E-state index is 6.75. The van der Waals surface area contributed by atoms with Gasteiger partial charge >= 0.3 is 0 Å². The van der Waals surface area contributed by atoms with Crippen molar-refractivity contribution in [1.82, 2.24) is 0 Å². The molecule has 3 heteroatoms. The Labute approximate surface area is 453 Å². The molecule has 0 saturated heterocycles. The molecule has 3 nitrogen and oxygen atoms in total. The van der Waals surface area contributed by atoms with Gasteiger partial charge in [-0.15, -0.1) is 0 Å². The molecule has 0 aromatic heterocycles. The van der Waals surface area contributed by atoms with Gasteiger partial charge < -0.3 is 14.4 Å². The second-order valence-corrected chi connectivity index (χ2v) is 21.3. The molecule has 0 bridgehead atoms. The van der Waals surface area contributed by atoms with Gasteiger partial charge in [-0.3, -0.25) is 0 Å². The van der Waals surface area contributed by atoms with Gasteiger partial charge in [0.05, 0.1) is 21.9 Å². The zero-order valence-electron chi connectivity index (χ0n) is 42.4. The summed E-state index contributed by atoms with van der Waals surface area (Å²) in [5.41, 5.74) is 23.4. The topological polar surface area (TPSA) is 21.7 Å². The number of rotatable bonds is 5. The summed E-state index contributed by atoms with van der Waals surface area (Å²) in [4.78, 5) is 2.56. The van der Waals surface area contributed by atoms with Gasteiger partial charge in [-0.25, -0.2) is 0 Å². The maximum Gasteiger partial charge on any atom is 0.132 e. The monoisotopic (exact) mass is 993 g/mol. The molecule has 12 aromatic carbocycles. The van der Waals surface area contributed by atoms with E-state index in [4.69, 9.17) is 9.47 Å². The van der Waals surface area contributed by atoms with E-state index in [9.17, 15) is 0 Å². The maximum absolute atomic E-state index is 6.75. The van der Waals surface area contributed by atoms with Gasteiger partial charge in [0.25, 0.3) is 0 Å². The highest BCUT2D eigenvalue weighted by Gasteiger charge is 2.54. The first kappa shape index (κ1) is 43.3. The lowest BCUT2D eigenvalue weighted by Gasteiger charge is -2.39. The van der Waals surface area contributed by atoms with Crippen LogP contribution in [0.2, 0.25) is 0 Å². The van der Waals surface area contributed by atoms with Crippen LogP contribution in [0.15, 0.2) is 285 Å². The van der Waals surface area contributed by atoms with Gasteiger partial charge in [0.15, 0.2) is 0 Å². The van der Waals surface area contributed by atoms with Crippen molar-refractivity contribution in [3.63, 3.8) is 0 Å². The Morgan fingerprint density at radius 1 is 0.231 bits per heavy atom. The minimum absolute atomic E-state index is 0.587. The first-order valence-electron chi connectivity index (χ1n) is 27.1. The second kappa shape index (κ2) is 16.0. The molecule has 0 saturated carbocycles. The highest BCUT2D eigenvalue weighted by atomic mass is 16.5. The van der Waals surface area contributed by atoms with Gasteiger partial charge in [-0.2, -0.15) is 0 Å². The van der Waals surface area contributed by atoms with Gasteiger partial charge in [0, 0.05) is 39.2 Å². The van der Waals surface area contributed by atoms with E-state index >= 15 is 0 Å². The molecule has 0 unspecified atom stereocenters. The summed E-state index contributed by atoms with van der Waals surface area (Å²) in [6.45, 7) is 0. The zero-order valence-corrected chi connectivity index (χ0v) is 42.4. The average Bonchev–Trinajstić information content (AvgIpc) is 3.85. The van der Waals surface area contributed by atoms with E-state index in [-0.39, 0.29) is 0 Å². The SMILES string of the molecule is c1ccc(C2(c3ccccc3)c3ccccc3-c3c(N(c4ccc5c(c4)-c4ccccc4C54c5ccccc5Oc5ccccc54)c4ccc5c(c4)-c4ccccc4C54c5ccccc5Oc5ccccc54)cccc32)cc1. The third-order valence-corrected chi connectivity index (χ3v) is 17.9. The van der Waals surface area contributed by atoms with Crippen LogP contribution in [0.1, 0.15) is 66.8 Å². The molecule has 3 aliphatic carbocycles. The number of fused-ring (bicyclic) bond motifs is 21. The highest BCUT2D eigenvalue weighted by Crippen LogP contribution is 2.66. The fourth-order valence-corrected chi connectivity index (χ4v) is 15.1. The number of hydrogen-bond acceptors (Lipinski definition) is 3. The molecule has 2 heterocycles. The van der Waals surface area contributed by atoms with Crippen LogP contribution < -0.4 is 14.4 Å². The molecule has 12 aromatic rings. The molecule has 0 radical (unpaired) electrons. The van der Waals surface area contributed by atoms with Gasteiger partial charge in [0.2, 0.25) is 0 Å². The van der Waals surface area contributed by atoms with E-state index in [0.29, 0.717) is 0 Å². The van der Waals surface area contributed by atoms with Crippen LogP contribution in [-0.4, -0.2) is 0 Å². The fraction of sp³-hybridized carbons (Fsp3) is 0.0400. The number of ether oxygens (including phenoxy) is 2. The molecule has 17 rings (SSSR count). The van der Waals surface area contributed by atoms with Crippen LogP contribution in [0.5, 0.6) is 23.0 Å². The predicted octanol–water partition coefficient (Wildman–Crippen LogP) is 18.5. The zero-order chi connectivity index (χ0) is 51.2. The second-order valence-electron chi connectivity index (χ2n) is 21.3.